The first-order valence-corrected chi connectivity index (χ1v) is 9.33. The molecule has 1 amide bonds. The van der Waals surface area contributed by atoms with Crippen molar-refractivity contribution < 1.29 is 14.3 Å². The molecule has 7 nitrogen and oxygen atoms in total. The van der Waals surface area contributed by atoms with Crippen molar-refractivity contribution in [2.75, 3.05) is 17.9 Å². The summed E-state index contributed by atoms with van der Waals surface area (Å²) in [6.07, 6.45) is 0. The third-order valence-corrected chi connectivity index (χ3v) is 5.45. The van der Waals surface area contributed by atoms with E-state index >= 15 is 0 Å². The van der Waals surface area contributed by atoms with Gasteiger partial charge in [-0.1, -0.05) is 17.8 Å². The molecule has 0 fully saturated rings. The fourth-order valence-electron chi connectivity index (χ4n) is 2.36. The van der Waals surface area contributed by atoms with E-state index in [9.17, 15) is 4.79 Å². The minimum Gasteiger partial charge on any atom is -0.454 e. The number of carbonyl (C=O) groups excluding carboxylic acids is 1. The number of nitrogens with one attached hydrogen (secondary N) is 1. The van der Waals surface area contributed by atoms with E-state index in [0.29, 0.717) is 22.3 Å². The molecule has 1 aromatic carbocycles. The van der Waals surface area contributed by atoms with Crippen LogP contribution in [-0.4, -0.2) is 33.2 Å². The summed E-state index contributed by atoms with van der Waals surface area (Å²) in [6, 6.07) is 9.28. The van der Waals surface area contributed by atoms with Crippen LogP contribution in [0.2, 0.25) is 0 Å². The average molecular weight is 374 g/mol. The maximum Gasteiger partial charge on any atom is 0.234 e. The molecule has 1 N–H and O–H groups in total. The zero-order chi connectivity index (χ0) is 17.2. The van der Waals surface area contributed by atoms with E-state index in [0.717, 1.165) is 10.7 Å². The van der Waals surface area contributed by atoms with E-state index in [-0.39, 0.29) is 18.5 Å². The van der Waals surface area contributed by atoms with Crippen LogP contribution in [0.15, 0.2) is 40.9 Å². The quantitative estimate of drug-likeness (QED) is 0.692. The number of rotatable bonds is 5. The van der Waals surface area contributed by atoms with Gasteiger partial charge in [-0.15, -0.1) is 21.5 Å². The lowest BCUT2D eigenvalue weighted by atomic mass is 10.3. The van der Waals surface area contributed by atoms with Crippen molar-refractivity contribution in [3.05, 3.63) is 35.7 Å². The van der Waals surface area contributed by atoms with Crippen LogP contribution in [-0.2, 0) is 11.8 Å². The molecule has 9 heteroatoms. The number of thioether (sulfide) groups is 1. The van der Waals surface area contributed by atoms with Crippen molar-refractivity contribution in [3.63, 3.8) is 0 Å². The van der Waals surface area contributed by atoms with E-state index in [1.807, 2.05) is 29.1 Å². The van der Waals surface area contributed by atoms with Gasteiger partial charge in [-0.2, -0.15) is 0 Å². The highest BCUT2D eigenvalue weighted by molar-refractivity contribution is 7.99. The smallest absolute Gasteiger partial charge is 0.234 e. The van der Waals surface area contributed by atoms with E-state index < -0.39 is 0 Å². The van der Waals surface area contributed by atoms with Crippen molar-refractivity contribution in [3.8, 4) is 22.2 Å². The van der Waals surface area contributed by atoms with E-state index in [2.05, 4.69) is 15.5 Å². The van der Waals surface area contributed by atoms with E-state index in [1.165, 1.54) is 11.8 Å². The number of thiophene rings is 1. The number of ether oxygens (including phenoxy) is 2. The Kier molecular flexibility index (Phi) is 4.33. The summed E-state index contributed by atoms with van der Waals surface area (Å²) < 4.78 is 12.5. The van der Waals surface area contributed by atoms with Crippen LogP contribution < -0.4 is 14.8 Å². The highest BCUT2D eigenvalue weighted by Gasteiger charge is 2.16. The lowest BCUT2D eigenvalue weighted by molar-refractivity contribution is -0.113. The molecule has 25 heavy (non-hydrogen) atoms. The summed E-state index contributed by atoms with van der Waals surface area (Å²) in [5.74, 6) is 2.25. The van der Waals surface area contributed by atoms with Gasteiger partial charge in [0.05, 0.1) is 10.6 Å². The van der Waals surface area contributed by atoms with Gasteiger partial charge >= 0.3 is 0 Å². The predicted octanol–water partition coefficient (Wildman–Crippen LogP) is 3.00. The minimum atomic E-state index is -0.121. The first-order chi connectivity index (χ1) is 12.2. The molecule has 2 aromatic heterocycles. The van der Waals surface area contributed by atoms with Crippen LogP contribution >= 0.6 is 23.1 Å². The van der Waals surface area contributed by atoms with Gasteiger partial charge in [-0.25, -0.2) is 0 Å². The number of benzene rings is 1. The Hall–Kier alpha value is -2.52. The van der Waals surface area contributed by atoms with Crippen LogP contribution in [0, 0.1) is 0 Å². The molecule has 0 atom stereocenters. The zero-order valence-electron chi connectivity index (χ0n) is 13.3. The summed E-state index contributed by atoms with van der Waals surface area (Å²) >= 11 is 2.95. The SMILES string of the molecule is Cn1c(SCC(=O)Nc2ccc3c(c2)OCO3)nnc1-c1cccs1. The monoisotopic (exact) mass is 374 g/mol. The van der Waals surface area contributed by atoms with Gasteiger partial charge in [0.15, 0.2) is 22.5 Å². The van der Waals surface area contributed by atoms with Gasteiger partial charge < -0.3 is 19.4 Å². The third kappa shape index (κ3) is 3.33. The van der Waals surface area contributed by atoms with Crippen molar-refractivity contribution in [1.82, 2.24) is 14.8 Å². The molecule has 0 radical (unpaired) electrons. The predicted molar refractivity (Wildman–Crippen MR) is 96.2 cm³/mol. The summed E-state index contributed by atoms with van der Waals surface area (Å²) in [7, 11) is 1.90. The molecule has 1 aliphatic rings. The highest BCUT2D eigenvalue weighted by atomic mass is 32.2. The Labute approximate surface area is 152 Å². The van der Waals surface area contributed by atoms with Gasteiger partial charge in [0, 0.05) is 18.8 Å². The minimum absolute atomic E-state index is 0.121. The maximum absolute atomic E-state index is 12.2. The lowest BCUT2D eigenvalue weighted by Crippen LogP contribution is -2.14. The zero-order valence-corrected chi connectivity index (χ0v) is 14.9. The first kappa shape index (κ1) is 16.0. The Morgan fingerprint density at radius 1 is 1.32 bits per heavy atom. The molecule has 1 aliphatic heterocycles. The molecule has 0 bridgehead atoms. The second kappa shape index (κ2) is 6.77. The molecule has 0 spiro atoms. The number of hydrogen-bond acceptors (Lipinski definition) is 7. The first-order valence-electron chi connectivity index (χ1n) is 7.46. The van der Waals surface area contributed by atoms with Crippen LogP contribution in [0.5, 0.6) is 11.5 Å². The Bertz CT molecular complexity index is 908. The van der Waals surface area contributed by atoms with Gasteiger partial charge in [-0.3, -0.25) is 4.79 Å². The molecule has 128 valence electrons. The number of anilines is 1. The van der Waals surface area contributed by atoms with Crippen molar-refractivity contribution in [2.24, 2.45) is 7.05 Å². The number of amides is 1. The Morgan fingerprint density at radius 3 is 3.04 bits per heavy atom. The van der Waals surface area contributed by atoms with Crippen LogP contribution in [0.25, 0.3) is 10.7 Å². The summed E-state index contributed by atoms with van der Waals surface area (Å²) in [6.45, 7) is 0.210. The molecular formula is C16H14N4O3S2. The number of hydrogen-bond donors (Lipinski definition) is 1. The van der Waals surface area contributed by atoms with Gasteiger partial charge in [0.2, 0.25) is 12.7 Å². The van der Waals surface area contributed by atoms with Gasteiger partial charge in [0.25, 0.3) is 0 Å². The Balaban J connectivity index is 1.38. The molecule has 4 rings (SSSR count). The summed E-state index contributed by atoms with van der Waals surface area (Å²) in [4.78, 5) is 13.2. The van der Waals surface area contributed by atoms with Gasteiger partial charge in [-0.05, 0) is 23.6 Å². The lowest BCUT2D eigenvalue weighted by Gasteiger charge is -2.06. The number of carbonyl (C=O) groups is 1. The van der Waals surface area contributed by atoms with Crippen LogP contribution in [0.3, 0.4) is 0 Å². The van der Waals surface area contributed by atoms with Gasteiger partial charge in [0.1, 0.15) is 0 Å². The molecule has 0 saturated heterocycles. The molecule has 3 heterocycles. The number of aromatic nitrogens is 3. The fourth-order valence-corrected chi connectivity index (χ4v) is 3.82. The fraction of sp³-hybridized carbons (Fsp3) is 0.188. The van der Waals surface area contributed by atoms with Crippen LogP contribution in [0.1, 0.15) is 0 Å². The van der Waals surface area contributed by atoms with Crippen LogP contribution in [0.4, 0.5) is 5.69 Å². The van der Waals surface area contributed by atoms with E-state index in [1.54, 1.807) is 29.5 Å². The maximum atomic E-state index is 12.2. The normalized spacial score (nSPS) is 12.4. The topological polar surface area (TPSA) is 78.3 Å². The molecular weight excluding hydrogens is 360 g/mol. The number of nitrogens with zero attached hydrogens (tertiary/aromatic N) is 3. The second-order valence-electron chi connectivity index (χ2n) is 5.25. The van der Waals surface area contributed by atoms with Crippen molar-refractivity contribution in [1.29, 1.82) is 0 Å². The molecule has 0 aliphatic carbocycles. The standard InChI is InChI=1S/C16H14N4O3S2/c1-20-15(13-3-2-6-24-13)18-19-16(20)25-8-14(21)17-10-4-5-11-12(7-10)23-9-22-11/h2-7H,8-9H2,1H3,(H,17,21). The third-order valence-electron chi connectivity index (χ3n) is 3.57. The van der Waals surface area contributed by atoms with Crippen molar-refractivity contribution >= 4 is 34.7 Å². The number of fused-ring (bicyclic) bond motifs is 1. The van der Waals surface area contributed by atoms with E-state index in [4.69, 9.17) is 9.47 Å². The summed E-state index contributed by atoms with van der Waals surface area (Å²) in [5, 5.41) is 13.9. The summed E-state index contributed by atoms with van der Waals surface area (Å²) in [5.41, 5.74) is 0.673. The molecule has 0 saturated carbocycles. The molecule has 3 aromatic rings. The second-order valence-corrected chi connectivity index (χ2v) is 7.14. The Morgan fingerprint density at radius 2 is 2.20 bits per heavy atom. The average Bonchev–Trinajstić information content (AvgIpc) is 3.33. The van der Waals surface area contributed by atoms with Crippen molar-refractivity contribution in [2.45, 2.75) is 5.16 Å². The molecule has 0 unspecified atom stereocenters. The largest absolute Gasteiger partial charge is 0.454 e. The highest BCUT2D eigenvalue weighted by Crippen LogP contribution is 2.34.